The maximum atomic E-state index is 14.1. The van der Waals surface area contributed by atoms with Crippen LogP contribution in [0.5, 0.6) is 5.75 Å². The number of anilines is 2. The second-order valence-electron chi connectivity index (χ2n) is 5.20. The second-order valence-corrected chi connectivity index (χ2v) is 6.12. The van der Waals surface area contributed by atoms with Gasteiger partial charge < -0.3 is 15.8 Å². The summed E-state index contributed by atoms with van der Waals surface area (Å²) in [7, 11) is 0. The van der Waals surface area contributed by atoms with Crippen LogP contribution >= 0.6 is 15.9 Å². The molecule has 0 aliphatic rings. The van der Waals surface area contributed by atoms with Crippen molar-refractivity contribution in [1.29, 1.82) is 0 Å². The van der Waals surface area contributed by atoms with Gasteiger partial charge >= 0.3 is 5.69 Å². The van der Waals surface area contributed by atoms with Crippen LogP contribution in [0.1, 0.15) is 0 Å². The molecule has 0 spiro atoms. The number of fused-ring (bicyclic) bond motifs is 1. The summed E-state index contributed by atoms with van der Waals surface area (Å²) in [5.74, 6) is -0.194. The molecule has 8 nitrogen and oxygen atoms in total. The Hall–Kier alpha value is -2.85. The van der Waals surface area contributed by atoms with Gasteiger partial charge in [0.1, 0.15) is 24.6 Å². The summed E-state index contributed by atoms with van der Waals surface area (Å²) < 4.78 is 20.0. The Balaban J connectivity index is 2.08. The third-order valence-corrected chi connectivity index (χ3v) is 3.97. The summed E-state index contributed by atoms with van der Waals surface area (Å²) in [6.07, 6.45) is 1.28. The lowest BCUT2D eigenvalue weighted by Crippen LogP contribution is -2.11. The van der Waals surface area contributed by atoms with Crippen molar-refractivity contribution < 1.29 is 14.1 Å². The first kappa shape index (κ1) is 18.0. The summed E-state index contributed by atoms with van der Waals surface area (Å²) in [6.45, 7) is 0.348. The number of nitrogens with two attached hydrogens (primary N) is 1. The van der Waals surface area contributed by atoms with Crippen LogP contribution in [0.4, 0.5) is 21.6 Å². The largest absolute Gasteiger partial charge is 0.485 e. The molecule has 0 atom stereocenters. The van der Waals surface area contributed by atoms with E-state index >= 15 is 0 Å². The molecular weight excluding hydrogens is 409 g/mol. The van der Waals surface area contributed by atoms with Gasteiger partial charge in [-0.2, -0.15) is 0 Å². The van der Waals surface area contributed by atoms with Crippen LogP contribution < -0.4 is 15.8 Å². The molecule has 1 aromatic heterocycles. The Bertz CT molecular complexity index is 986. The molecule has 0 saturated carbocycles. The minimum atomic E-state index is -0.567. The highest BCUT2D eigenvalue weighted by atomic mass is 79.9. The standard InChI is InChI=1S/C16H13BrFN5O3/c17-9-1-2-12(11(18)5-9)22-16-10-6-14(23(24)25)15(26-4-3-19)7-13(10)20-8-21-16/h1-2,5-8H,3-4,19H2,(H,20,21,22). The van der Waals surface area contributed by atoms with Crippen LogP contribution in [0, 0.1) is 15.9 Å². The van der Waals surface area contributed by atoms with Crippen molar-refractivity contribution >= 4 is 44.0 Å². The van der Waals surface area contributed by atoms with Gasteiger partial charge in [-0.3, -0.25) is 10.1 Å². The topological polar surface area (TPSA) is 116 Å². The first-order valence-corrected chi connectivity index (χ1v) is 8.27. The van der Waals surface area contributed by atoms with Gasteiger partial charge in [0.25, 0.3) is 0 Å². The fraction of sp³-hybridized carbons (Fsp3) is 0.125. The quantitative estimate of drug-likeness (QED) is 0.461. The van der Waals surface area contributed by atoms with Gasteiger partial charge in [0.15, 0.2) is 5.75 Å². The Morgan fingerprint density at radius 2 is 2.12 bits per heavy atom. The Morgan fingerprint density at radius 3 is 2.81 bits per heavy atom. The van der Waals surface area contributed by atoms with Crippen LogP contribution in [-0.4, -0.2) is 28.0 Å². The third-order valence-electron chi connectivity index (χ3n) is 3.47. The van der Waals surface area contributed by atoms with Crippen LogP contribution in [0.3, 0.4) is 0 Å². The molecule has 0 aliphatic carbocycles. The van der Waals surface area contributed by atoms with E-state index in [9.17, 15) is 14.5 Å². The summed E-state index contributed by atoms with van der Waals surface area (Å²) in [4.78, 5) is 19.0. The Kier molecular flexibility index (Phi) is 5.24. The van der Waals surface area contributed by atoms with Gasteiger partial charge in [-0.15, -0.1) is 0 Å². The van der Waals surface area contributed by atoms with Gasteiger partial charge in [-0.05, 0) is 18.2 Å². The average Bonchev–Trinajstić information content (AvgIpc) is 2.61. The van der Waals surface area contributed by atoms with Crippen LogP contribution in [0.2, 0.25) is 0 Å². The molecule has 26 heavy (non-hydrogen) atoms. The lowest BCUT2D eigenvalue weighted by Gasteiger charge is -2.11. The molecule has 134 valence electrons. The van der Waals surface area contributed by atoms with Gasteiger partial charge in [0, 0.05) is 23.2 Å². The summed E-state index contributed by atoms with van der Waals surface area (Å²) in [5, 5.41) is 14.6. The minimum absolute atomic E-state index is 0.0624. The molecule has 0 unspecified atom stereocenters. The van der Waals surface area contributed by atoms with Crippen molar-refractivity contribution in [2.75, 3.05) is 18.5 Å². The zero-order chi connectivity index (χ0) is 18.7. The smallest absolute Gasteiger partial charge is 0.311 e. The van der Waals surface area contributed by atoms with Crippen LogP contribution in [-0.2, 0) is 0 Å². The number of hydrogen-bond acceptors (Lipinski definition) is 7. The number of nitro groups is 1. The monoisotopic (exact) mass is 421 g/mol. The third kappa shape index (κ3) is 3.70. The highest BCUT2D eigenvalue weighted by Crippen LogP contribution is 2.35. The van der Waals surface area contributed by atoms with Gasteiger partial charge in [-0.25, -0.2) is 14.4 Å². The molecular formula is C16H13BrFN5O3. The van der Waals surface area contributed by atoms with Crippen molar-refractivity contribution in [2.24, 2.45) is 5.73 Å². The van der Waals surface area contributed by atoms with Crippen molar-refractivity contribution in [2.45, 2.75) is 0 Å². The lowest BCUT2D eigenvalue weighted by molar-refractivity contribution is -0.385. The lowest BCUT2D eigenvalue weighted by atomic mass is 10.2. The van der Waals surface area contributed by atoms with Crippen LogP contribution in [0.15, 0.2) is 41.1 Å². The molecule has 0 aliphatic heterocycles. The number of aromatic nitrogens is 2. The first-order valence-electron chi connectivity index (χ1n) is 7.47. The molecule has 0 radical (unpaired) electrons. The highest BCUT2D eigenvalue weighted by Gasteiger charge is 2.19. The molecule has 0 fully saturated rings. The van der Waals surface area contributed by atoms with Gasteiger partial charge in [-0.1, -0.05) is 15.9 Å². The van der Waals surface area contributed by atoms with E-state index in [1.54, 1.807) is 6.07 Å². The van der Waals surface area contributed by atoms with E-state index in [0.717, 1.165) is 0 Å². The normalized spacial score (nSPS) is 10.7. The zero-order valence-corrected chi connectivity index (χ0v) is 14.9. The first-order chi connectivity index (χ1) is 12.5. The maximum absolute atomic E-state index is 14.1. The molecule has 0 bridgehead atoms. The number of nitrogens with one attached hydrogen (secondary N) is 1. The number of benzene rings is 2. The van der Waals surface area contributed by atoms with E-state index in [4.69, 9.17) is 10.5 Å². The number of nitrogens with zero attached hydrogens (tertiary/aromatic N) is 3. The predicted octanol–water partition coefficient (Wildman–Crippen LogP) is 3.52. The molecule has 3 N–H and O–H groups in total. The summed E-state index contributed by atoms with van der Waals surface area (Å²) in [5.41, 5.74) is 5.73. The number of rotatable bonds is 6. The van der Waals surface area contributed by atoms with Gasteiger partial charge in [0.2, 0.25) is 0 Å². The molecule has 1 heterocycles. The van der Waals surface area contributed by atoms with Crippen molar-refractivity contribution in [1.82, 2.24) is 9.97 Å². The minimum Gasteiger partial charge on any atom is -0.485 e. The summed E-state index contributed by atoms with van der Waals surface area (Å²) >= 11 is 3.18. The zero-order valence-electron chi connectivity index (χ0n) is 13.3. The number of hydrogen-bond donors (Lipinski definition) is 2. The number of nitro benzene ring substituents is 1. The van der Waals surface area contributed by atoms with E-state index in [-0.39, 0.29) is 36.1 Å². The maximum Gasteiger partial charge on any atom is 0.311 e. The predicted molar refractivity (Wildman–Crippen MR) is 98.1 cm³/mol. The van der Waals surface area contributed by atoms with E-state index in [1.165, 1.54) is 30.6 Å². The second kappa shape index (κ2) is 7.58. The highest BCUT2D eigenvalue weighted by molar-refractivity contribution is 9.10. The number of halogens is 2. The van der Waals surface area contributed by atoms with Crippen LogP contribution in [0.25, 0.3) is 10.9 Å². The van der Waals surface area contributed by atoms with E-state index in [1.807, 2.05) is 0 Å². The van der Waals surface area contributed by atoms with Crippen molar-refractivity contribution in [3.8, 4) is 5.75 Å². The molecule has 3 aromatic rings. The molecule has 0 amide bonds. The summed E-state index contributed by atoms with van der Waals surface area (Å²) in [6, 6.07) is 7.22. The fourth-order valence-corrected chi connectivity index (χ4v) is 2.65. The van der Waals surface area contributed by atoms with E-state index in [2.05, 4.69) is 31.2 Å². The molecule has 3 rings (SSSR count). The SMILES string of the molecule is NCCOc1cc2ncnc(Nc3ccc(Br)cc3F)c2cc1[N+](=O)[O-]. The van der Waals surface area contributed by atoms with E-state index in [0.29, 0.717) is 15.4 Å². The Labute approximate surface area is 155 Å². The van der Waals surface area contributed by atoms with E-state index < -0.39 is 10.7 Å². The van der Waals surface area contributed by atoms with Crippen molar-refractivity contribution in [3.05, 3.63) is 57.1 Å². The van der Waals surface area contributed by atoms with Gasteiger partial charge in [0.05, 0.1) is 21.5 Å². The molecule has 2 aromatic carbocycles. The fourth-order valence-electron chi connectivity index (χ4n) is 2.32. The number of ether oxygens (including phenoxy) is 1. The molecule has 0 saturated heterocycles. The Morgan fingerprint density at radius 1 is 1.31 bits per heavy atom. The van der Waals surface area contributed by atoms with Crippen molar-refractivity contribution in [3.63, 3.8) is 0 Å². The molecule has 10 heteroatoms. The average molecular weight is 422 g/mol.